The third-order valence-corrected chi connectivity index (χ3v) is 5.43. The van der Waals surface area contributed by atoms with Crippen LogP contribution in [0.15, 0.2) is 0 Å². The van der Waals surface area contributed by atoms with Gasteiger partial charge in [0, 0.05) is 6.54 Å². The van der Waals surface area contributed by atoms with Crippen LogP contribution in [0.4, 0.5) is 0 Å². The van der Waals surface area contributed by atoms with Crippen LogP contribution in [0.3, 0.4) is 0 Å². The Kier molecular flexibility index (Phi) is 5.92. The maximum absolute atomic E-state index is 2.71. The molecule has 0 unspecified atom stereocenters. The average Bonchev–Trinajstić information content (AvgIpc) is 2.27. The van der Waals surface area contributed by atoms with Gasteiger partial charge in [0.25, 0.3) is 0 Å². The molecule has 1 nitrogen and oxygen atoms in total. The van der Waals surface area contributed by atoms with Crippen LogP contribution in [0.5, 0.6) is 0 Å². The Labute approximate surface area is 122 Å². The molecule has 114 valence electrons. The molecule has 1 heterocycles. The molecule has 1 aliphatic rings. The van der Waals surface area contributed by atoms with Gasteiger partial charge in [0.15, 0.2) is 0 Å². The van der Waals surface area contributed by atoms with Crippen LogP contribution >= 0.6 is 0 Å². The van der Waals surface area contributed by atoms with E-state index in [1.807, 2.05) is 0 Å². The van der Waals surface area contributed by atoms with Gasteiger partial charge in [-0.2, -0.15) is 0 Å². The summed E-state index contributed by atoms with van der Waals surface area (Å²) in [6, 6.07) is 0. The number of piperidine rings is 1. The Morgan fingerprint density at radius 2 is 1.58 bits per heavy atom. The maximum atomic E-state index is 2.71. The smallest absolute Gasteiger partial charge is 0.00329 e. The Balaban J connectivity index is 2.47. The first-order chi connectivity index (χ1) is 8.66. The standard InChI is InChI=1S/C18H37N/c1-8-16-9-11-19(12-10-16)14-17(4,5)13-18(6,7)15(2)3/h15-16H,8-14H2,1-7H3. The van der Waals surface area contributed by atoms with Gasteiger partial charge < -0.3 is 4.90 Å². The van der Waals surface area contributed by atoms with Crippen molar-refractivity contribution in [3.8, 4) is 0 Å². The number of rotatable bonds is 6. The van der Waals surface area contributed by atoms with Gasteiger partial charge in [-0.3, -0.25) is 0 Å². The molecule has 0 aromatic heterocycles. The normalized spacial score (nSPS) is 20.2. The molecule has 0 N–H and O–H groups in total. The van der Waals surface area contributed by atoms with Gasteiger partial charge in [0.2, 0.25) is 0 Å². The fraction of sp³-hybridized carbons (Fsp3) is 1.00. The Bertz CT molecular complexity index is 257. The zero-order chi connectivity index (χ0) is 14.7. The first-order valence-corrected chi connectivity index (χ1v) is 8.38. The third-order valence-electron chi connectivity index (χ3n) is 5.43. The molecular formula is C18H37N. The minimum atomic E-state index is 0.437. The zero-order valence-corrected chi connectivity index (χ0v) is 14.6. The van der Waals surface area contributed by atoms with Crippen LogP contribution in [-0.2, 0) is 0 Å². The molecule has 0 aromatic carbocycles. The first kappa shape index (κ1) is 17.0. The van der Waals surface area contributed by atoms with Gasteiger partial charge >= 0.3 is 0 Å². The van der Waals surface area contributed by atoms with Gasteiger partial charge in [0.05, 0.1) is 0 Å². The number of hydrogen-bond acceptors (Lipinski definition) is 1. The minimum absolute atomic E-state index is 0.437. The van der Waals surface area contributed by atoms with E-state index < -0.39 is 0 Å². The van der Waals surface area contributed by atoms with Gasteiger partial charge in [-0.05, 0) is 55.0 Å². The van der Waals surface area contributed by atoms with Crippen LogP contribution < -0.4 is 0 Å². The first-order valence-electron chi connectivity index (χ1n) is 8.38. The second-order valence-corrected chi connectivity index (χ2v) is 8.61. The Hall–Kier alpha value is -0.0400. The van der Waals surface area contributed by atoms with E-state index in [0.29, 0.717) is 10.8 Å². The number of hydrogen-bond donors (Lipinski definition) is 0. The van der Waals surface area contributed by atoms with Crippen molar-refractivity contribution in [3.05, 3.63) is 0 Å². The van der Waals surface area contributed by atoms with E-state index >= 15 is 0 Å². The fourth-order valence-electron chi connectivity index (χ4n) is 3.65. The molecule has 19 heavy (non-hydrogen) atoms. The van der Waals surface area contributed by atoms with Gasteiger partial charge in [-0.15, -0.1) is 0 Å². The third kappa shape index (κ3) is 5.45. The summed E-state index contributed by atoms with van der Waals surface area (Å²) < 4.78 is 0. The fourth-order valence-corrected chi connectivity index (χ4v) is 3.65. The van der Waals surface area contributed by atoms with E-state index in [0.717, 1.165) is 11.8 Å². The van der Waals surface area contributed by atoms with E-state index in [1.165, 1.54) is 45.3 Å². The van der Waals surface area contributed by atoms with Crippen LogP contribution in [0, 0.1) is 22.7 Å². The zero-order valence-electron chi connectivity index (χ0n) is 14.6. The molecule has 0 aromatic rings. The maximum Gasteiger partial charge on any atom is 0.00329 e. The van der Waals surface area contributed by atoms with E-state index in [9.17, 15) is 0 Å². The predicted molar refractivity (Wildman–Crippen MR) is 86.5 cm³/mol. The summed E-state index contributed by atoms with van der Waals surface area (Å²) in [7, 11) is 0. The Morgan fingerprint density at radius 1 is 1.05 bits per heavy atom. The van der Waals surface area contributed by atoms with Crippen molar-refractivity contribution in [1.29, 1.82) is 0 Å². The lowest BCUT2D eigenvalue weighted by Gasteiger charge is -2.42. The van der Waals surface area contributed by atoms with Gasteiger partial charge in [-0.1, -0.05) is 54.9 Å². The molecule has 1 aliphatic heterocycles. The monoisotopic (exact) mass is 267 g/mol. The van der Waals surface area contributed by atoms with Crippen molar-refractivity contribution >= 4 is 0 Å². The van der Waals surface area contributed by atoms with Crippen molar-refractivity contribution in [2.75, 3.05) is 19.6 Å². The lowest BCUT2D eigenvalue weighted by molar-refractivity contribution is 0.0765. The molecular weight excluding hydrogens is 230 g/mol. The summed E-state index contributed by atoms with van der Waals surface area (Å²) >= 11 is 0. The van der Waals surface area contributed by atoms with Crippen LogP contribution in [0.25, 0.3) is 0 Å². The summed E-state index contributed by atoms with van der Waals surface area (Å²) in [6.07, 6.45) is 5.53. The molecule has 1 fully saturated rings. The van der Waals surface area contributed by atoms with Gasteiger partial charge in [-0.25, -0.2) is 0 Å². The highest BCUT2D eigenvalue weighted by Crippen LogP contribution is 2.39. The quantitative estimate of drug-likeness (QED) is 0.639. The summed E-state index contributed by atoms with van der Waals surface area (Å²) in [4.78, 5) is 2.71. The number of likely N-dealkylation sites (tertiary alicyclic amines) is 1. The lowest BCUT2D eigenvalue weighted by Crippen LogP contribution is -2.42. The van der Waals surface area contributed by atoms with Crippen molar-refractivity contribution in [1.82, 2.24) is 4.90 Å². The molecule has 0 aliphatic carbocycles. The second-order valence-electron chi connectivity index (χ2n) is 8.61. The van der Waals surface area contributed by atoms with Gasteiger partial charge in [0.1, 0.15) is 0 Å². The van der Waals surface area contributed by atoms with Crippen molar-refractivity contribution in [2.45, 2.75) is 74.1 Å². The average molecular weight is 268 g/mol. The molecule has 0 atom stereocenters. The van der Waals surface area contributed by atoms with E-state index in [2.05, 4.69) is 53.4 Å². The topological polar surface area (TPSA) is 3.24 Å². The molecule has 0 spiro atoms. The Morgan fingerprint density at radius 3 is 2.00 bits per heavy atom. The number of nitrogens with zero attached hydrogens (tertiary/aromatic N) is 1. The summed E-state index contributed by atoms with van der Waals surface area (Å²) in [5.74, 6) is 1.75. The van der Waals surface area contributed by atoms with Crippen LogP contribution in [0.1, 0.15) is 74.1 Å². The molecule has 1 rings (SSSR count). The molecule has 0 amide bonds. The summed E-state index contributed by atoms with van der Waals surface area (Å²) in [5.41, 5.74) is 0.887. The van der Waals surface area contributed by atoms with Crippen molar-refractivity contribution in [3.63, 3.8) is 0 Å². The predicted octanol–water partition coefficient (Wildman–Crippen LogP) is 5.21. The second kappa shape index (κ2) is 6.61. The SMILES string of the molecule is CCC1CCN(CC(C)(C)CC(C)(C)C(C)C)CC1. The largest absolute Gasteiger partial charge is 0.303 e. The highest BCUT2D eigenvalue weighted by molar-refractivity contribution is 4.85. The minimum Gasteiger partial charge on any atom is -0.303 e. The molecule has 0 radical (unpaired) electrons. The highest BCUT2D eigenvalue weighted by Gasteiger charge is 2.33. The molecule has 0 bridgehead atoms. The van der Waals surface area contributed by atoms with Crippen molar-refractivity contribution < 1.29 is 0 Å². The molecule has 0 saturated carbocycles. The van der Waals surface area contributed by atoms with Crippen LogP contribution in [-0.4, -0.2) is 24.5 Å². The highest BCUT2D eigenvalue weighted by atomic mass is 15.1. The lowest BCUT2D eigenvalue weighted by atomic mass is 9.69. The van der Waals surface area contributed by atoms with E-state index in [-0.39, 0.29) is 0 Å². The molecule has 1 saturated heterocycles. The summed E-state index contributed by atoms with van der Waals surface area (Å²) in [5, 5.41) is 0. The van der Waals surface area contributed by atoms with E-state index in [1.54, 1.807) is 0 Å². The van der Waals surface area contributed by atoms with Crippen molar-refractivity contribution in [2.24, 2.45) is 22.7 Å². The molecule has 1 heteroatoms. The van der Waals surface area contributed by atoms with Crippen LogP contribution in [0.2, 0.25) is 0 Å². The van der Waals surface area contributed by atoms with E-state index in [4.69, 9.17) is 0 Å². The summed E-state index contributed by atoms with van der Waals surface area (Å²) in [6.45, 7) is 20.8.